The first-order valence-corrected chi connectivity index (χ1v) is 9.01. The van der Waals surface area contributed by atoms with Crippen LogP contribution in [0.4, 0.5) is 0 Å². The van der Waals surface area contributed by atoms with Gasteiger partial charge in [-0.25, -0.2) is 13.1 Å². The molecule has 0 fully saturated rings. The van der Waals surface area contributed by atoms with Crippen molar-refractivity contribution in [3.05, 3.63) is 58.1 Å². The molecular formula is C16H15BrN2O3S. The van der Waals surface area contributed by atoms with E-state index in [4.69, 9.17) is 10.00 Å². The van der Waals surface area contributed by atoms with E-state index in [0.29, 0.717) is 11.3 Å². The summed E-state index contributed by atoms with van der Waals surface area (Å²) in [6, 6.07) is 12.8. The Balaban J connectivity index is 2.26. The van der Waals surface area contributed by atoms with Crippen LogP contribution in [0.3, 0.4) is 0 Å². The fraction of sp³-hybridized carbons (Fsp3) is 0.188. The molecule has 0 saturated heterocycles. The van der Waals surface area contributed by atoms with Gasteiger partial charge in [-0.2, -0.15) is 5.26 Å². The van der Waals surface area contributed by atoms with Gasteiger partial charge in [0.15, 0.2) is 0 Å². The smallest absolute Gasteiger partial charge is 0.241 e. The van der Waals surface area contributed by atoms with Crippen molar-refractivity contribution in [2.75, 3.05) is 7.11 Å². The highest BCUT2D eigenvalue weighted by molar-refractivity contribution is 9.10. The zero-order valence-electron chi connectivity index (χ0n) is 12.6. The summed E-state index contributed by atoms with van der Waals surface area (Å²) in [4.78, 5) is 0.0657. The van der Waals surface area contributed by atoms with Crippen molar-refractivity contribution in [3.63, 3.8) is 0 Å². The molecule has 120 valence electrons. The van der Waals surface area contributed by atoms with E-state index in [9.17, 15) is 8.42 Å². The number of benzene rings is 2. The third kappa shape index (κ3) is 4.10. The normalized spacial score (nSPS) is 12.4. The molecule has 23 heavy (non-hydrogen) atoms. The highest BCUT2D eigenvalue weighted by atomic mass is 79.9. The summed E-state index contributed by atoms with van der Waals surface area (Å²) in [6.45, 7) is 1.75. The molecule has 0 aliphatic rings. The number of sulfonamides is 1. The predicted octanol–water partition coefficient (Wildman–Crippen LogP) is 3.37. The van der Waals surface area contributed by atoms with Crippen LogP contribution in [0.15, 0.2) is 51.8 Å². The van der Waals surface area contributed by atoms with Crippen molar-refractivity contribution in [3.8, 4) is 11.8 Å². The quantitative estimate of drug-likeness (QED) is 0.842. The Kier molecular flexibility index (Phi) is 5.42. The second kappa shape index (κ2) is 7.13. The van der Waals surface area contributed by atoms with Crippen molar-refractivity contribution in [2.45, 2.75) is 17.9 Å². The van der Waals surface area contributed by atoms with Gasteiger partial charge < -0.3 is 4.74 Å². The summed E-state index contributed by atoms with van der Waals surface area (Å²) in [7, 11) is -2.15. The molecule has 1 N–H and O–H groups in total. The van der Waals surface area contributed by atoms with Crippen molar-refractivity contribution < 1.29 is 13.2 Å². The molecular weight excluding hydrogens is 380 g/mol. The van der Waals surface area contributed by atoms with E-state index < -0.39 is 16.1 Å². The van der Waals surface area contributed by atoms with Crippen LogP contribution in [0.2, 0.25) is 0 Å². The maximum absolute atomic E-state index is 12.4. The summed E-state index contributed by atoms with van der Waals surface area (Å²) >= 11 is 3.38. The molecule has 0 saturated carbocycles. The van der Waals surface area contributed by atoms with Gasteiger partial charge in [0.2, 0.25) is 10.0 Å². The SMILES string of the molecule is COc1ccc(C(C)NS(=O)(=O)c2cccc(C#N)c2)cc1Br. The number of nitrogens with one attached hydrogen (secondary N) is 1. The van der Waals surface area contributed by atoms with Crippen molar-refractivity contribution in [2.24, 2.45) is 0 Å². The van der Waals surface area contributed by atoms with E-state index in [1.807, 2.05) is 6.07 Å². The Hall–Kier alpha value is -1.88. The largest absolute Gasteiger partial charge is 0.496 e. The maximum atomic E-state index is 12.4. The molecule has 0 amide bonds. The molecule has 0 aromatic heterocycles. The third-order valence-electron chi connectivity index (χ3n) is 3.28. The number of halogens is 1. The van der Waals surface area contributed by atoms with E-state index in [2.05, 4.69) is 20.7 Å². The van der Waals surface area contributed by atoms with Gasteiger partial charge in [-0.1, -0.05) is 12.1 Å². The van der Waals surface area contributed by atoms with Crippen LogP contribution >= 0.6 is 15.9 Å². The second-order valence-corrected chi connectivity index (χ2v) is 7.44. The summed E-state index contributed by atoms with van der Waals surface area (Å²) in [6.07, 6.45) is 0. The zero-order valence-corrected chi connectivity index (χ0v) is 15.0. The summed E-state index contributed by atoms with van der Waals surface area (Å²) < 4.78 is 33.4. The van der Waals surface area contributed by atoms with Crippen LogP contribution in [-0.4, -0.2) is 15.5 Å². The Morgan fingerprint density at radius 2 is 2.00 bits per heavy atom. The Morgan fingerprint density at radius 3 is 2.61 bits per heavy atom. The minimum Gasteiger partial charge on any atom is -0.496 e. The summed E-state index contributed by atoms with van der Waals surface area (Å²) in [5, 5.41) is 8.89. The average Bonchev–Trinajstić information content (AvgIpc) is 2.54. The van der Waals surface area contributed by atoms with Gasteiger partial charge in [-0.3, -0.25) is 0 Å². The molecule has 0 aliphatic carbocycles. The average molecular weight is 395 g/mol. The molecule has 0 spiro atoms. The first kappa shape index (κ1) is 17.5. The Bertz CT molecular complexity index is 860. The Morgan fingerprint density at radius 1 is 1.26 bits per heavy atom. The lowest BCUT2D eigenvalue weighted by Crippen LogP contribution is -2.27. The highest BCUT2D eigenvalue weighted by Gasteiger charge is 2.19. The number of ether oxygens (including phenoxy) is 1. The van der Waals surface area contributed by atoms with Crippen LogP contribution in [0.1, 0.15) is 24.1 Å². The van der Waals surface area contributed by atoms with Crippen LogP contribution in [0.5, 0.6) is 5.75 Å². The fourth-order valence-corrected chi connectivity index (χ4v) is 3.89. The lowest BCUT2D eigenvalue weighted by molar-refractivity contribution is 0.412. The van der Waals surface area contributed by atoms with Gasteiger partial charge in [0, 0.05) is 6.04 Å². The van der Waals surface area contributed by atoms with Crippen molar-refractivity contribution in [1.29, 1.82) is 5.26 Å². The molecule has 5 nitrogen and oxygen atoms in total. The maximum Gasteiger partial charge on any atom is 0.241 e. The van der Waals surface area contributed by atoms with Gasteiger partial charge in [0.05, 0.1) is 28.1 Å². The van der Waals surface area contributed by atoms with Gasteiger partial charge in [0.25, 0.3) is 0 Å². The van der Waals surface area contributed by atoms with E-state index in [1.54, 1.807) is 44.4 Å². The lowest BCUT2D eigenvalue weighted by atomic mass is 10.1. The minimum atomic E-state index is -3.72. The van der Waals surface area contributed by atoms with Crippen LogP contribution in [0.25, 0.3) is 0 Å². The lowest BCUT2D eigenvalue weighted by Gasteiger charge is -2.16. The van der Waals surface area contributed by atoms with E-state index in [0.717, 1.165) is 10.0 Å². The molecule has 1 unspecified atom stereocenters. The standard InChI is InChI=1S/C16H15BrN2O3S/c1-11(13-6-7-16(22-2)15(17)9-13)19-23(20,21)14-5-3-4-12(8-14)10-18/h3-9,11,19H,1-2H3. The molecule has 2 rings (SSSR count). The zero-order chi connectivity index (χ0) is 17.0. The number of hydrogen-bond donors (Lipinski definition) is 1. The van der Waals surface area contributed by atoms with E-state index >= 15 is 0 Å². The van der Waals surface area contributed by atoms with Crippen LogP contribution in [-0.2, 0) is 10.0 Å². The number of rotatable bonds is 5. The van der Waals surface area contributed by atoms with Gasteiger partial charge >= 0.3 is 0 Å². The first-order valence-electron chi connectivity index (χ1n) is 6.73. The Labute approximate surface area is 144 Å². The van der Waals surface area contributed by atoms with Crippen molar-refractivity contribution in [1.82, 2.24) is 4.72 Å². The highest BCUT2D eigenvalue weighted by Crippen LogP contribution is 2.28. The van der Waals surface area contributed by atoms with Gasteiger partial charge in [-0.05, 0) is 58.7 Å². The molecule has 2 aromatic rings. The van der Waals surface area contributed by atoms with Gasteiger partial charge in [-0.15, -0.1) is 0 Å². The summed E-state index contributed by atoms with van der Waals surface area (Å²) in [5.74, 6) is 0.672. The second-order valence-electron chi connectivity index (χ2n) is 4.88. The molecule has 0 heterocycles. The molecule has 0 radical (unpaired) electrons. The van der Waals surface area contributed by atoms with Gasteiger partial charge in [0.1, 0.15) is 5.75 Å². The number of hydrogen-bond acceptors (Lipinski definition) is 4. The monoisotopic (exact) mass is 394 g/mol. The van der Waals surface area contributed by atoms with E-state index in [1.165, 1.54) is 12.1 Å². The van der Waals surface area contributed by atoms with Crippen LogP contribution in [0, 0.1) is 11.3 Å². The number of nitrogens with zero attached hydrogens (tertiary/aromatic N) is 1. The minimum absolute atomic E-state index is 0.0657. The molecule has 1 atom stereocenters. The molecule has 2 aromatic carbocycles. The number of nitriles is 1. The molecule has 7 heteroatoms. The molecule has 0 bridgehead atoms. The number of methoxy groups -OCH3 is 1. The van der Waals surface area contributed by atoms with Crippen LogP contribution < -0.4 is 9.46 Å². The predicted molar refractivity (Wildman–Crippen MR) is 90.6 cm³/mol. The first-order chi connectivity index (χ1) is 10.9. The topological polar surface area (TPSA) is 79.2 Å². The molecule has 0 aliphatic heterocycles. The van der Waals surface area contributed by atoms with Crippen molar-refractivity contribution >= 4 is 26.0 Å². The summed E-state index contributed by atoms with van der Waals surface area (Å²) in [5.41, 5.74) is 1.09. The third-order valence-corrected chi connectivity index (χ3v) is 5.44. The van der Waals surface area contributed by atoms with E-state index in [-0.39, 0.29) is 4.90 Å². The fourth-order valence-electron chi connectivity index (χ4n) is 2.05.